The van der Waals surface area contributed by atoms with E-state index in [4.69, 9.17) is 0 Å². The molecule has 1 aromatic rings. The van der Waals surface area contributed by atoms with E-state index in [0.29, 0.717) is 16.9 Å². The van der Waals surface area contributed by atoms with E-state index in [2.05, 4.69) is 0 Å². The summed E-state index contributed by atoms with van der Waals surface area (Å²) in [6.45, 7) is 3.32. The summed E-state index contributed by atoms with van der Waals surface area (Å²) in [5.74, 6) is 0.380. The van der Waals surface area contributed by atoms with Crippen LogP contribution >= 0.6 is 11.8 Å². The van der Waals surface area contributed by atoms with Crippen LogP contribution in [0.5, 0.6) is 0 Å². The number of aryl methyl sites for hydroxylation is 1. The molecule has 1 unspecified atom stereocenters. The van der Waals surface area contributed by atoms with Crippen LogP contribution in [-0.4, -0.2) is 17.8 Å². The lowest BCUT2D eigenvalue weighted by molar-refractivity contribution is -0.137. The lowest BCUT2D eigenvalue weighted by Crippen LogP contribution is -2.16. The van der Waals surface area contributed by atoms with E-state index in [0.717, 1.165) is 12.1 Å². The molecule has 0 aliphatic carbocycles. The average Bonchev–Trinajstić information content (AvgIpc) is 2.27. The zero-order valence-corrected chi connectivity index (χ0v) is 11.3. The molecule has 0 radical (unpaired) electrons. The molecule has 0 saturated heterocycles. The van der Waals surface area contributed by atoms with Crippen molar-refractivity contribution >= 4 is 17.5 Å². The molecule has 0 heterocycles. The molecular formula is C13H15F3OS. The van der Waals surface area contributed by atoms with Crippen LogP contribution in [0.4, 0.5) is 13.2 Å². The number of carbonyl (C=O) groups excluding carboxylic acids is 1. The minimum Gasteiger partial charge on any atom is -0.294 e. The van der Waals surface area contributed by atoms with Gasteiger partial charge in [-0.3, -0.25) is 4.79 Å². The van der Waals surface area contributed by atoms with Gasteiger partial charge in [0.25, 0.3) is 0 Å². The lowest BCUT2D eigenvalue weighted by atomic mass is 9.95. The smallest absolute Gasteiger partial charge is 0.294 e. The molecule has 0 spiro atoms. The Morgan fingerprint density at radius 1 is 1.39 bits per heavy atom. The highest BCUT2D eigenvalue weighted by Gasteiger charge is 2.31. The second-order valence-electron chi connectivity index (χ2n) is 4.25. The zero-order chi connectivity index (χ0) is 13.9. The lowest BCUT2D eigenvalue weighted by Gasteiger charge is -2.13. The van der Waals surface area contributed by atoms with Gasteiger partial charge in [0, 0.05) is 17.2 Å². The van der Waals surface area contributed by atoms with Crippen molar-refractivity contribution in [2.24, 2.45) is 5.92 Å². The maximum absolute atomic E-state index is 12.5. The van der Waals surface area contributed by atoms with Crippen molar-refractivity contribution in [1.29, 1.82) is 0 Å². The molecule has 0 aliphatic heterocycles. The molecule has 0 amide bonds. The van der Waals surface area contributed by atoms with Gasteiger partial charge in [-0.1, -0.05) is 13.0 Å². The Bertz CT molecular complexity index is 440. The molecule has 0 aromatic heterocycles. The molecule has 0 bridgehead atoms. The van der Waals surface area contributed by atoms with Gasteiger partial charge >= 0.3 is 6.18 Å². The van der Waals surface area contributed by atoms with E-state index < -0.39 is 11.7 Å². The Hall–Kier alpha value is -0.970. The fourth-order valence-electron chi connectivity index (χ4n) is 1.71. The van der Waals surface area contributed by atoms with E-state index >= 15 is 0 Å². The number of ketones is 1. The molecule has 5 heteroatoms. The van der Waals surface area contributed by atoms with Gasteiger partial charge in [-0.25, -0.2) is 0 Å². The van der Waals surface area contributed by atoms with Crippen LogP contribution in [0, 0.1) is 12.8 Å². The molecule has 0 aliphatic rings. The predicted octanol–water partition coefficient (Wildman–Crippen LogP) is 4.20. The van der Waals surface area contributed by atoms with Crippen molar-refractivity contribution < 1.29 is 18.0 Å². The SMILES string of the molecule is CSCC(C)C(=O)c1ccc(C(F)(F)F)cc1C. The van der Waals surface area contributed by atoms with Crippen LogP contribution < -0.4 is 0 Å². The van der Waals surface area contributed by atoms with Gasteiger partial charge in [-0.05, 0) is 30.9 Å². The largest absolute Gasteiger partial charge is 0.416 e. The predicted molar refractivity (Wildman–Crippen MR) is 68.1 cm³/mol. The summed E-state index contributed by atoms with van der Waals surface area (Å²) in [4.78, 5) is 12.0. The first-order chi connectivity index (χ1) is 8.27. The van der Waals surface area contributed by atoms with E-state index in [9.17, 15) is 18.0 Å². The Balaban J connectivity index is 3.03. The molecule has 1 aromatic carbocycles. The zero-order valence-electron chi connectivity index (χ0n) is 10.5. The van der Waals surface area contributed by atoms with Crippen molar-refractivity contribution in [3.63, 3.8) is 0 Å². The summed E-state index contributed by atoms with van der Waals surface area (Å²) in [6, 6.07) is 3.27. The average molecular weight is 276 g/mol. The molecule has 1 nitrogen and oxygen atoms in total. The number of halogens is 3. The molecule has 0 saturated carbocycles. The topological polar surface area (TPSA) is 17.1 Å². The minimum atomic E-state index is -4.36. The first-order valence-electron chi connectivity index (χ1n) is 5.48. The van der Waals surface area contributed by atoms with Crippen molar-refractivity contribution in [3.8, 4) is 0 Å². The fourth-order valence-corrected chi connectivity index (χ4v) is 2.36. The monoisotopic (exact) mass is 276 g/mol. The second-order valence-corrected chi connectivity index (χ2v) is 5.16. The third-order valence-electron chi connectivity index (χ3n) is 2.68. The first-order valence-corrected chi connectivity index (χ1v) is 6.87. The molecule has 1 atom stereocenters. The number of carbonyl (C=O) groups is 1. The van der Waals surface area contributed by atoms with Crippen LogP contribution in [0.25, 0.3) is 0 Å². The van der Waals surface area contributed by atoms with Crippen LogP contribution in [-0.2, 0) is 6.18 Å². The molecular weight excluding hydrogens is 261 g/mol. The number of benzene rings is 1. The Morgan fingerprint density at radius 2 is 2.00 bits per heavy atom. The highest BCUT2D eigenvalue weighted by Crippen LogP contribution is 2.31. The normalized spacial score (nSPS) is 13.4. The highest BCUT2D eigenvalue weighted by atomic mass is 32.2. The maximum atomic E-state index is 12.5. The van der Waals surface area contributed by atoms with E-state index in [1.807, 2.05) is 6.26 Å². The number of Topliss-reactive ketones (excluding diaryl/α,β-unsaturated/α-hetero) is 1. The van der Waals surface area contributed by atoms with Crippen molar-refractivity contribution in [1.82, 2.24) is 0 Å². The summed E-state index contributed by atoms with van der Waals surface area (Å²) in [7, 11) is 0. The standard InChI is InChI=1S/C13H15F3OS/c1-8-6-10(13(14,15)16)4-5-11(8)12(17)9(2)7-18-3/h4-6,9H,7H2,1-3H3. The maximum Gasteiger partial charge on any atom is 0.416 e. The number of rotatable bonds is 4. The number of hydrogen-bond donors (Lipinski definition) is 0. The Morgan fingerprint density at radius 3 is 2.44 bits per heavy atom. The van der Waals surface area contributed by atoms with Crippen molar-refractivity contribution in [2.45, 2.75) is 20.0 Å². The fraction of sp³-hybridized carbons (Fsp3) is 0.462. The molecule has 18 heavy (non-hydrogen) atoms. The number of alkyl halides is 3. The summed E-state index contributed by atoms with van der Waals surface area (Å²) >= 11 is 1.55. The van der Waals surface area contributed by atoms with Gasteiger partial charge < -0.3 is 0 Å². The van der Waals surface area contributed by atoms with E-state index in [-0.39, 0.29) is 11.7 Å². The third-order valence-corrected chi connectivity index (χ3v) is 3.52. The quantitative estimate of drug-likeness (QED) is 0.767. The molecule has 100 valence electrons. The first kappa shape index (κ1) is 15.1. The summed E-state index contributed by atoms with van der Waals surface area (Å²) in [5.41, 5.74) is 0.0430. The van der Waals surface area contributed by atoms with E-state index in [1.165, 1.54) is 13.0 Å². The van der Waals surface area contributed by atoms with Crippen LogP contribution in [0.2, 0.25) is 0 Å². The summed E-state index contributed by atoms with van der Waals surface area (Å²) < 4.78 is 37.5. The number of hydrogen-bond acceptors (Lipinski definition) is 2. The Kier molecular flexibility index (Phi) is 4.85. The van der Waals surface area contributed by atoms with Gasteiger partial charge in [0.2, 0.25) is 0 Å². The van der Waals surface area contributed by atoms with Gasteiger partial charge in [0.1, 0.15) is 0 Å². The van der Waals surface area contributed by atoms with Gasteiger partial charge in [0.15, 0.2) is 5.78 Å². The van der Waals surface area contributed by atoms with Crippen molar-refractivity contribution in [2.75, 3.05) is 12.0 Å². The van der Waals surface area contributed by atoms with E-state index in [1.54, 1.807) is 18.7 Å². The van der Waals surface area contributed by atoms with Crippen molar-refractivity contribution in [3.05, 3.63) is 34.9 Å². The summed E-state index contributed by atoms with van der Waals surface area (Å²) in [5, 5.41) is 0. The van der Waals surface area contributed by atoms with Crippen LogP contribution in [0.1, 0.15) is 28.4 Å². The minimum absolute atomic E-state index is 0.101. The molecule has 1 rings (SSSR count). The molecule has 0 fully saturated rings. The van der Waals surface area contributed by atoms with Crippen LogP contribution in [0.15, 0.2) is 18.2 Å². The van der Waals surface area contributed by atoms with Gasteiger partial charge in [0.05, 0.1) is 5.56 Å². The third kappa shape index (κ3) is 3.51. The van der Waals surface area contributed by atoms with Gasteiger partial charge in [-0.15, -0.1) is 0 Å². The highest BCUT2D eigenvalue weighted by molar-refractivity contribution is 7.98. The summed E-state index contributed by atoms with van der Waals surface area (Å²) in [6.07, 6.45) is -2.47. The van der Waals surface area contributed by atoms with Gasteiger partial charge in [-0.2, -0.15) is 24.9 Å². The molecule has 0 N–H and O–H groups in total. The number of thioether (sulfide) groups is 1. The second kappa shape index (κ2) is 5.78. The van der Waals surface area contributed by atoms with Crippen LogP contribution in [0.3, 0.4) is 0 Å². The Labute approximate surface area is 109 Å².